The minimum Gasteiger partial charge on any atom is -0.368 e. The number of benzene rings is 1. The predicted octanol–water partition coefficient (Wildman–Crippen LogP) is 4.00. The molecule has 0 aromatic heterocycles. The summed E-state index contributed by atoms with van der Waals surface area (Å²) >= 11 is 6.48. The van der Waals surface area contributed by atoms with Gasteiger partial charge in [-0.1, -0.05) is 30.5 Å². The van der Waals surface area contributed by atoms with Crippen LogP contribution in [0, 0.1) is 0 Å². The van der Waals surface area contributed by atoms with Gasteiger partial charge >= 0.3 is 0 Å². The molecule has 0 spiro atoms. The van der Waals surface area contributed by atoms with Crippen LogP contribution in [-0.2, 0) is 6.42 Å². The fraction of sp³-hybridized carbons (Fsp3) is 0.625. The smallest absolute Gasteiger partial charge is 0.0642 e. The average molecular weight is 281 g/mol. The summed E-state index contributed by atoms with van der Waals surface area (Å²) in [6.45, 7) is 5.45. The minimum absolute atomic E-state index is 0.180. The summed E-state index contributed by atoms with van der Waals surface area (Å²) in [7, 11) is 0. The first-order valence-electron chi connectivity index (χ1n) is 7.38. The molecular weight excluding hydrogens is 256 g/mol. The molecule has 106 valence electrons. The van der Waals surface area contributed by atoms with Gasteiger partial charge in [0, 0.05) is 18.6 Å². The molecule has 1 aromatic carbocycles. The van der Waals surface area contributed by atoms with E-state index in [1.807, 2.05) is 6.92 Å². The maximum atomic E-state index is 6.48. The first kappa shape index (κ1) is 14.7. The van der Waals surface area contributed by atoms with E-state index in [-0.39, 0.29) is 6.04 Å². The van der Waals surface area contributed by atoms with Crippen LogP contribution in [0.5, 0.6) is 0 Å². The Morgan fingerprint density at radius 3 is 2.84 bits per heavy atom. The van der Waals surface area contributed by atoms with Crippen LogP contribution in [0.4, 0.5) is 5.69 Å². The quantitative estimate of drug-likeness (QED) is 0.907. The van der Waals surface area contributed by atoms with Crippen molar-refractivity contribution in [1.29, 1.82) is 0 Å². The molecule has 1 aromatic rings. The summed E-state index contributed by atoms with van der Waals surface area (Å²) in [5, 5.41) is 0.868. The molecule has 2 atom stereocenters. The van der Waals surface area contributed by atoms with Gasteiger partial charge in [-0.05, 0) is 50.8 Å². The van der Waals surface area contributed by atoms with Crippen molar-refractivity contribution in [3.63, 3.8) is 0 Å². The average Bonchev–Trinajstić information content (AvgIpc) is 2.54. The van der Waals surface area contributed by atoms with E-state index in [1.54, 1.807) is 0 Å². The molecule has 0 amide bonds. The molecule has 2 nitrogen and oxygen atoms in total. The van der Waals surface area contributed by atoms with Crippen LogP contribution in [0.3, 0.4) is 0 Å². The Morgan fingerprint density at radius 2 is 2.16 bits per heavy atom. The van der Waals surface area contributed by atoms with Crippen molar-refractivity contribution in [1.82, 2.24) is 0 Å². The molecule has 1 fully saturated rings. The van der Waals surface area contributed by atoms with Crippen molar-refractivity contribution in [2.75, 3.05) is 11.4 Å². The van der Waals surface area contributed by atoms with E-state index in [0.717, 1.165) is 18.0 Å². The van der Waals surface area contributed by atoms with Crippen molar-refractivity contribution in [3.8, 4) is 0 Å². The molecular formula is C16H25ClN2. The standard InChI is InChI=1S/C16H25ClN2/c1-12(18)10-14-7-8-16(15(17)11-14)19-9-5-3-4-6-13(19)2/h7-8,11-13H,3-6,9-10,18H2,1-2H3. The third-order valence-corrected chi connectivity index (χ3v) is 4.23. The van der Waals surface area contributed by atoms with Gasteiger partial charge in [0.2, 0.25) is 0 Å². The molecule has 2 N–H and O–H groups in total. The Balaban J connectivity index is 2.19. The Labute approximate surface area is 121 Å². The van der Waals surface area contributed by atoms with Crippen LogP contribution in [0.2, 0.25) is 5.02 Å². The van der Waals surface area contributed by atoms with Crippen LogP contribution in [-0.4, -0.2) is 18.6 Å². The van der Waals surface area contributed by atoms with E-state index in [4.69, 9.17) is 17.3 Å². The number of hydrogen-bond donors (Lipinski definition) is 1. The molecule has 1 heterocycles. The topological polar surface area (TPSA) is 29.3 Å². The van der Waals surface area contributed by atoms with Gasteiger partial charge in [-0.25, -0.2) is 0 Å². The lowest BCUT2D eigenvalue weighted by atomic mass is 10.1. The van der Waals surface area contributed by atoms with Gasteiger partial charge in [-0.2, -0.15) is 0 Å². The Bertz CT molecular complexity index is 417. The summed E-state index contributed by atoms with van der Waals surface area (Å²) in [5.74, 6) is 0. The maximum absolute atomic E-state index is 6.48. The molecule has 0 radical (unpaired) electrons. The highest BCUT2D eigenvalue weighted by Gasteiger charge is 2.19. The lowest BCUT2D eigenvalue weighted by Crippen LogP contribution is -2.32. The number of rotatable bonds is 3. The van der Waals surface area contributed by atoms with Gasteiger partial charge < -0.3 is 10.6 Å². The van der Waals surface area contributed by atoms with Crippen LogP contribution < -0.4 is 10.6 Å². The predicted molar refractivity (Wildman–Crippen MR) is 84.1 cm³/mol. The third kappa shape index (κ3) is 3.87. The first-order valence-corrected chi connectivity index (χ1v) is 7.76. The minimum atomic E-state index is 0.180. The lowest BCUT2D eigenvalue weighted by molar-refractivity contribution is 0.616. The van der Waals surface area contributed by atoms with Gasteiger partial charge in [0.05, 0.1) is 10.7 Å². The largest absolute Gasteiger partial charge is 0.368 e. The van der Waals surface area contributed by atoms with E-state index in [0.29, 0.717) is 6.04 Å². The van der Waals surface area contributed by atoms with E-state index < -0.39 is 0 Å². The zero-order valence-corrected chi connectivity index (χ0v) is 12.8. The van der Waals surface area contributed by atoms with E-state index in [9.17, 15) is 0 Å². The molecule has 1 saturated heterocycles. The first-order chi connectivity index (χ1) is 9.08. The second kappa shape index (κ2) is 6.62. The number of halogens is 1. The number of hydrogen-bond acceptors (Lipinski definition) is 2. The lowest BCUT2D eigenvalue weighted by Gasteiger charge is -2.30. The molecule has 2 unspecified atom stereocenters. The van der Waals surface area contributed by atoms with Crippen molar-refractivity contribution in [2.45, 2.75) is 58.0 Å². The van der Waals surface area contributed by atoms with Crippen molar-refractivity contribution in [2.24, 2.45) is 5.73 Å². The Morgan fingerprint density at radius 1 is 1.37 bits per heavy atom. The third-order valence-electron chi connectivity index (χ3n) is 3.93. The van der Waals surface area contributed by atoms with Crippen LogP contribution in [0.1, 0.15) is 45.1 Å². The number of anilines is 1. The molecule has 1 aliphatic rings. The maximum Gasteiger partial charge on any atom is 0.0642 e. The van der Waals surface area contributed by atoms with Crippen LogP contribution in [0.15, 0.2) is 18.2 Å². The Kier molecular flexibility index (Phi) is 5.12. The highest BCUT2D eigenvalue weighted by molar-refractivity contribution is 6.33. The summed E-state index contributed by atoms with van der Waals surface area (Å²) in [5.41, 5.74) is 8.26. The summed E-state index contributed by atoms with van der Waals surface area (Å²) < 4.78 is 0. The molecule has 0 aliphatic carbocycles. The SMILES string of the molecule is CC(N)Cc1ccc(N2CCCCCC2C)c(Cl)c1. The number of nitrogens with zero attached hydrogens (tertiary/aromatic N) is 1. The second-order valence-corrected chi connectivity index (χ2v) is 6.27. The fourth-order valence-electron chi connectivity index (χ4n) is 2.91. The zero-order valence-electron chi connectivity index (χ0n) is 12.0. The zero-order chi connectivity index (χ0) is 13.8. The van der Waals surface area contributed by atoms with Crippen LogP contribution in [0.25, 0.3) is 0 Å². The van der Waals surface area contributed by atoms with E-state index in [1.165, 1.54) is 36.9 Å². The van der Waals surface area contributed by atoms with Crippen molar-refractivity contribution in [3.05, 3.63) is 28.8 Å². The van der Waals surface area contributed by atoms with Gasteiger partial charge in [-0.3, -0.25) is 0 Å². The monoisotopic (exact) mass is 280 g/mol. The molecule has 2 rings (SSSR count). The van der Waals surface area contributed by atoms with Gasteiger partial charge in [-0.15, -0.1) is 0 Å². The molecule has 19 heavy (non-hydrogen) atoms. The van der Waals surface area contributed by atoms with Crippen molar-refractivity contribution < 1.29 is 0 Å². The summed E-state index contributed by atoms with van der Waals surface area (Å²) in [6, 6.07) is 7.18. The summed E-state index contributed by atoms with van der Waals surface area (Å²) in [6.07, 6.45) is 6.08. The van der Waals surface area contributed by atoms with Gasteiger partial charge in [0.1, 0.15) is 0 Å². The highest BCUT2D eigenvalue weighted by atomic mass is 35.5. The van der Waals surface area contributed by atoms with Crippen molar-refractivity contribution >= 4 is 17.3 Å². The molecule has 3 heteroatoms. The van der Waals surface area contributed by atoms with Gasteiger partial charge in [0.25, 0.3) is 0 Å². The molecule has 1 aliphatic heterocycles. The van der Waals surface area contributed by atoms with E-state index >= 15 is 0 Å². The highest BCUT2D eigenvalue weighted by Crippen LogP contribution is 2.31. The fourth-order valence-corrected chi connectivity index (χ4v) is 3.23. The van der Waals surface area contributed by atoms with Gasteiger partial charge in [0.15, 0.2) is 0 Å². The molecule has 0 saturated carbocycles. The number of nitrogens with two attached hydrogens (primary N) is 1. The summed E-state index contributed by atoms with van der Waals surface area (Å²) in [4.78, 5) is 2.46. The normalized spacial score (nSPS) is 22.1. The van der Waals surface area contributed by atoms with Crippen LogP contribution >= 0.6 is 11.6 Å². The Hall–Kier alpha value is -0.730. The molecule has 0 bridgehead atoms. The second-order valence-electron chi connectivity index (χ2n) is 5.86. The van der Waals surface area contributed by atoms with E-state index in [2.05, 4.69) is 30.0 Å².